The fraction of sp³-hybridized carbons (Fsp3) is 0.357. The first-order valence-corrected chi connectivity index (χ1v) is 5.74. The van der Waals surface area contributed by atoms with E-state index in [0.717, 1.165) is 36.1 Å². The standard InChI is InChI=1S/C14H16O3/c1-9(14(15)16)12-5-3-4-10-6-7-11(17-2)8-13(10)12/h6-8H,3-5H2,1-2H3,(H,15,16). The number of carboxylic acids is 1. The zero-order valence-corrected chi connectivity index (χ0v) is 10.1. The fourth-order valence-electron chi connectivity index (χ4n) is 2.29. The van der Waals surface area contributed by atoms with Crippen LogP contribution in [-0.4, -0.2) is 18.2 Å². The van der Waals surface area contributed by atoms with Crippen LogP contribution in [0.5, 0.6) is 5.75 Å². The number of carbonyl (C=O) groups is 1. The van der Waals surface area contributed by atoms with Gasteiger partial charge in [-0.2, -0.15) is 0 Å². The highest BCUT2D eigenvalue weighted by atomic mass is 16.5. The molecular formula is C14H16O3. The van der Waals surface area contributed by atoms with Gasteiger partial charge < -0.3 is 9.84 Å². The molecule has 0 heterocycles. The van der Waals surface area contributed by atoms with Crippen molar-refractivity contribution in [3.8, 4) is 5.75 Å². The second-order valence-electron chi connectivity index (χ2n) is 4.29. The Hall–Kier alpha value is -1.77. The maximum atomic E-state index is 11.1. The first-order chi connectivity index (χ1) is 8.13. The maximum Gasteiger partial charge on any atom is 0.331 e. The Balaban J connectivity index is 2.56. The Kier molecular flexibility index (Phi) is 3.18. The van der Waals surface area contributed by atoms with E-state index >= 15 is 0 Å². The molecule has 0 saturated carbocycles. The van der Waals surface area contributed by atoms with Crippen LogP contribution in [0.1, 0.15) is 30.9 Å². The van der Waals surface area contributed by atoms with Gasteiger partial charge in [0.25, 0.3) is 0 Å². The quantitative estimate of drug-likeness (QED) is 0.797. The van der Waals surface area contributed by atoms with Crippen molar-refractivity contribution < 1.29 is 14.6 Å². The maximum absolute atomic E-state index is 11.1. The van der Waals surface area contributed by atoms with Gasteiger partial charge in [-0.15, -0.1) is 0 Å². The van der Waals surface area contributed by atoms with Crippen LogP contribution in [-0.2, 0) is 11.2 Å². The predicted octanol–water partition coefficient (Wildman–Crippen LogP) is 2.89. The van der Waals surface area contributed by atoms with Gasteiger partial charge in [0.15, 0.2) is 0 Å². The lowest BCUT2D eigenvalue weighted by molar-refractivity contribution is -0.132. The number of hydrogen-bond donors (Lipinski definition) is 1. The van der Waals surface area contributed by atoms with Crippen molar-refractivity contribution in [2.24, 2.45) is 0 Å². The first-order valence-electron chi connectivity index (χ1n) is 5.74. The molecule has 17 heavy (non-hydrogen) atoms. The lowest BCUT2D eigenvalue weighted by atomic mass is 9.85. The molecule has 1 aromatic rings. The molecule has 90 valence electrons. The Labute approximate surface area is 101 Å². The molecule has 3 nitrogen and oxygen atoms in total. The van der Waals surface area contributed by atoms with E-state index in [9.17, 15) is 4.79 Å². The van der Waals surface area contributed by atoms with Crippen molar-refractivity contribution in [2.45, 2.75) is 26.2 Å². The molecule has 0 aromatic heterocycles. The summed E-state index contributed by atoms with van der Waals surface area (Å²) >= 11 is 0. The van der Waals surface area contributed by atoms with E-state index in [2.05, 4.69) is 0 Å². The molecule has 1 aliphatic rings. The largest absolute Gasteiger partial charge is 0.497 e. The van der Waals surface area contributed by atoms with Crippen LogP contribution >= 0.6 is 0 Å². The highest BCUT2D eigenvalue weighted by molar-refractivity contribution is 5.96. The number of fused-ring (bicyclic) bond motifs is 1. The minimum atomic E-state index is -0.837. The number of aryl methyl sites for hydroxylation is 1. The van der Waals surface area contributed by atoms with E-state index in [1.54, 1.807) is 14.0 Å². The molecule has 0 spiro atoms. The second-order valence-corrected chi connectivity index (χ2v) is 4.29. The molecule has 0 bridgehead atoms. The van der Waals surface area contributed by atoms with Crippen molar-refractivity contribution in [3.05, 3.63) is 34.9 Å². The van der Waals surface area contributed by atoms with Gasteiger partial charge in [-0.25, -0.2) is 4.79 Å². The number of aliphatic carboxylic acids is 1. The molecule has 2 rings (SSSR count). The van der Waals surface area contributed by atoms with Crippen molar-refractivity contribution in [2.75, 3.05) is 7.11 Å². The Morgan fingerprint density at radius 1 is 1.35 bits per heavy atom. The summed E-state index contributed by atoms with van der Waals surface area (Å²) in [5.41, 5.74) is 3.64. The third-order valence-electron chi connectivity index (χ3n) is 3.29. The van der Waals surface area contributed by atoms with Crippen LogP contribution in [0, 0.1) is 0 Å². The summed E-state index contributed by atoms with van der Waals surface area (Å²) in [7, 11) is 1.62. The predicted molar refractivity (Wildman–Crippen MR) is 66.2 cm³/mol. The summed E-state index contributed by atoms with van der Waals surface area (Å²) in [6.45, 7) is 1.67. The number of carboxylic acid groups (broad SMARTS) is 1. The highest BCUT2D eigenvalue weighted by Crippen LogP contribution is 2.35. The van der Waals surface area contributed by atoms with Crippen LogP contribution in [0.15, 0.2) is 23.8 Å². The zero-order chi connectivity index (χ0) is 12.4. The van der Waals surface area contributed by atoms with Gasteiger partial charge in [-0.3, -0.25) is 0 Å². The van der Waals surface area contributed by atoms with Crippen LogP contribution < -0.4 is 4.74 Å². The molecule has 0 atom stereocenters. The average Bonchev–Trinajstić information content (AvgIpc) is 2.36. The SMILES string of the molecule is COc1ccc2c(c1)C(=C(C)C(=O)O)CCC2. The molecule has 1 N–H and O–H groups in total. The summed E-state index contributed by atoms with van der Waals surface area (Å²) in [6.07, 6.45) is 2.85. The van der Waals surface area contributed by atoms with Gasteiger partial charge in [0.1, 0.15) is 5.75 Å². The molecule has 1 aliphatic carbocycles. The molecular weight excluding hydrogens is 216 g/mol. The zero-order valence-electron chi connectivity index (χ0n) is 10.1. The van der Waals surface area contributed by atoms with E-state index in [0.29, 0.717) is 5.57 Å². The number of hydrogen-bond acceptors (Lipinski definition) is 2. The Bertz CT molecular complexity index is 486. The van der Waals surface area contributed by atoms with Crippen LogP contribution in [0.2, 0.25) is 0 Å². The molecule has 0 aliphatic heterocycles. The molecule has 0 saturated heterocycles. The molecule has 0 amide bonds. The van der Waals surface area contributed by atoms with Gasteiger partial charge in [0.05, 0.1) is 7.11 Å². The molecule has 1 aromatic carbocycles. The third kappa shape index (κ3) is 2.18. The molecule has 0 fully saturated rings. The smallest absolute Gasteiger partial charge is 0.331 e. The average molecular weight is 232 g/mol. The van der Waals surface area contributed by atoms with E-state index in [1.165, 1.54) is 5.56 Å². The first kappa shape index (κ1) is 11.7. The van der Waals surface area contributed by atoms with Gasteiger partial charge in [0.2, 0.25) is 0 Å². The fourth-order valence-corrected chi connectivity index (χ4v) is 2.29. The van der Waals surface area contributed by atoms with E-state index in [4.69, 9.17) is 9.84 Å². The van der Waals surface area contributed by atoms with E-state index in [-0.39, 0.29) is 0 Å². The Morgan fingerprint density at radius 3 is 2.76 bits per heavy atom. The summed E-state index contributed by atoms with van der Waals surface area (Å²) < 4.78 is 5.20. The highest BCUT2D eigenvalue weighted by Gasteiger charge is 2.19. The normalized spacial score (nSPS) is 17.3. The number of benzene rings is 1. The third-order valence-corrected chi connectivity index (χ3v) is 3.29. The number of methoxy groups -OCH3 is 1. The van der Waals surface area contributed by atoms with Gasteiger partial charge in [0, 0.05) is 5.57 Å². The second kappa shape index (κ2) is 4.62. The van der Waals surface area contributed by atoms with Gasteiger partial charge >= 0.3 is 5.97 Å². The summed E-state index contributed by atoms with van der Waals surface area (Å²) in [6, 6.07) is 5.90. The van der Waals surface area contributed by atoms with Crippen molar-refractivity contribution in [3.63, 3.8) is 0 Å². The summed E-state index contributed by atoms with van der Waals surface area (Å²) in [5.74, 6) is -0.0583. The van der Waals surface area contributed by atoms with E-state index in [1.807, 2.05) is 18.2 Å². The Morgan fingerprint density at radius 2 is 2.12 bits per heavy atom. The van der Waals surface area contributed by atoms with E-state index < -0.39 is 5.97 Å². The van der Waals surface area contributed by atoms with Gasteiger partial charge in [-0.05, 0) is 55.0 Å². The van der Waals surface area contributed by atoms with Crippen molar-refractivity contribution >= 4 is 11.5 Å². The summed E-state index contributed by atoms with van der Waals surface area (Å²) in [5, 5.41) is 9.10. The van der Waals surface area contributed by atoms with Gasteiger partial charge in [-0.1, -0.05) is 6.07 Å². The number of allylic oxidation sites excluding steroid dienone is 1. The molecule has 3 heteroatoms. The number of ether oxygens (including phenoxy) is 1. The van der Waals surface area contributed by atoms with Crippen LogP contribution in [0.4, 0.5) is 0 Å². The molecule has 0 unspecified atom stereocenters. The summed E-state index contributed by atoms with van der Waals surface area (Å²) in [4.78, 5) is 11.1. The lowest BCUT2D eigenvalue weighted by Gasteiger charge is -2.21. The van der Waals surface area contributed by atoms with Crippen LogP contribution in [0.25, 0.3) is 5.57 Å². The monoisotopic (exact) mass is 232 g/mol. The number of rotatable bonds is 2. The van der Waals surface area contributed by atoms with Crippen LogP contribution in [0.3, 0.4) is 0 Å². The molecule has 0 radical (unpaired) electrons. The minimum absolute atomic E-state index is 0.444. The van der Waals surface area contributed by atoms with Crippen molar-refractivity contribution in [1.29, 1.82) is 0 Å². The minimum Gasteiger partial charge on any atom is -0.497 e. The topological polar surface area (TPSA) is 46.5 Å². The lowest BCUT2D eigenvalue weighted by Crippen LogP contribution is -2.08. The van der Waals surface area contributed by atoms with Crippen molar-refractivity contribution in [1.82, 2.24) is 0 Å².